The molecular formula is C16H20FNO2. The molecule has 1 amide bonds. The Kier molecular flexibility index (Phi) is 3.50. The molecular weight excluding hydrogens is 257 g/mol. The lowest BCUT2D eigenvalue weighted by atomic mass is 10.0. The Bertz CT molecular complexity index is 511. The highest BCUT2D eigenvalue weighted by Crippen LogP contribution is 2.48. The summed E-state index contributed by atoms with van der Waals surface area (Å²) < 4.78 is 13.6. The van der Waals surface area contributed by atoms with E-state index in [-0.39, 0.29) is 23.6 Å². The van der Waals surface area contributed by atoms with E-state index in [1.165, 1.54) is 6.07 Å². The van der Waals surface area contributed by atoms with E-state index in [1.807, 2.05) is 0 Å². The molecule has 2 N–H and O–H groups in total. The summed E-state index contributed by atoms with van der Waals surface area (Å²) in [6, 6.07) is 6.64. The average Bonchev–Trinajstić information content (AvgIpc) is 3.12. The number of carbonyl (C=O) groups is 1. The van der Waals surface area contributed by atoms with E-state index in [0.717, 1.165) is 25.7 Å². The van der Waals surface area contributed by atoms with Crippen molar-refractivity contribution in [3.8, 4) is 0 Å². The van der Waals surface area contributed by atoms with Crippen molar-refractivity contribution in [3.63, 3.8) is 0 Å². The average molecular weight is 277 g/mol. The van der Waals surface area contributed by atoms with E-state index in [9.17, 15) is 14.3 Å². The second kappa shape index (κ2) is 5.17. The van der Waals surface area contributed by atoms with Gasteiger partial charge in [0.25, 0.3) is 0 Å². The molecule has 1 aromatic carbocycles. The second-order valence-corrected chi connectivity index (χ2v) is 6.12. The molecule has 1 aromatic rings. The molecule has 3 nitrogen and oxygen atoms in total. The molecule has 4 heteroatoms. The van der Waals surface area contributed by atoms with Crippen LogP contribution in [0.3, 0.4) is 0 Å². The number of halogens is 1. The quantitative estimate of drug-likeness (QED) is 0.887. The molecule has 20 heavy (non-hydrogen) atoms. The molecule has 0 aromatic heterocycles. The van der Waals surface area contributed by atoms with Gasteiger partial charge in [-0.05, 0) is 36.8 Å². The molecule has 108 valence electrons. The Morgan fingerprint density at radius 3 is 2.75 bits per heavy atom. The number of carbonyl (C=O) groups excluding carboxylic acids is 1. The van der Waals surface area contributed by atoms with Crippen LogP contribution < -0.4 is 5.32 Å². The van der Waals surface area contributed by atoms with E-state index in [1.54, 1.807) is 18.2 Å². The first-order chi connectivity index (χ1) is 9.59. The Morgan fingerprint density at radius 2 is 2.05 bits per heavy atom. The maximum absolute atomic E-state index is 13.6. The largest absolute Gasteiger partial charge is 0.388 e. The molecule has 3 rings (SSSR count). The van der Waals surface area contributed by atoms with Gasteiger partial charge in [0.15, 0.2) is 0 Å². The molecule has 2 unspecified atom stereocenters. The third-order valence-electron chi connectivity index (χ3n) is 4.56. The van der Waals surface area contributed by atoms with Gasteiger partial charge in [-0.25, -0.2) is 4.39 Å². The topological polar surface area (TPSA) is 49.3 Å². The van der Waals surface area contributed by atoms with Crippen LogP contribution in [-0.4, -0.2) is 23.2 Å². The van der Waals surface area contributed by atoms with Crippen LogP contribution in [0.1, 0.15) is 43.6 Å². The molecule has 0 radical (unpaired) electrons. The van der Waals surface area contributed by atoms with Crippen molar-refractivity contribution >= 4 is 5.91 Å². The summed E-state index contributed by atoms with van der Waals surface area (Å²) in [5, 5.41) is 13.0. The summed E-state index contributed by atoms with van der Waals surface area (Å²) in [7, 11) is 0. The van der Waals surface area contributed by atoms with E-state index >= 15 is 0 Å². The summed E-state index contributed by atoms with van der Waals surface area (Å²) in [5.41, 5.74) is -0.0925. The highest BCUT2D eigenvalue weighted by atomic mass is 19.1. The van der Waals surface area contributed by atoms with Crippen molar-refractivity contribution in [2.24, 2.45) is 5.92 Å². The SMILES string of the molecule is O=C(NCC1(O)CCCC1)C1CC1c1ccccc1F. The summed E-state index contributed by atoms with van der Waals surface area (Å²) >= 11 is 0. The Hall–Kier alpha value is -1.42. The Balaban J connectivity index is 1.54. The van der Waals surface area contributed by atoms with Crippen molar-refractivity contribution in [3.05, 3.63) is 35.6 Å². The zero-order valence-electron chi connectivity index (χ0n) is 11.4. The number of hydrogen-bond acceptors (Lipinski definition) is 2. The van der Waals surface area contributed by atoms with Crippen LogP contribution in [0.15, 0.2) is 24.3 Å². The van der Waals surface area contributed by atoms with Crippen molar-refractivity contribution < 1.29 is 14.3 Å². The van der Waals surface area contributed by atoms with E-state index in [2.05, 4.69) is 5.32 Å². The minimum Gasteiger partial charge on any atom is -0.388 e. The number of hydrogen-bond donors (Lipinski definition) is 2. The van der Waals surface area contributed by atoms with Gasteiger partial charge in [-0.3, -0.25) is 4.79 Å². The normalized spacial score (nSPS) is 27.3. The zero-order chi connectivity index (χ0) is 14.2. The van der Waals surface area contributed by atoms with Crippen LogP contribution >= 0.6 is 0 Å². The van der Waals surface area contributed by atoms with Crippen LogP contribution in [0, 0.1) is 11.7 Å². The molecule has 2 atom stereocenters. The van der Waals surface area contributed by atoms with Gasteiger partial charge in [0.1, 0.15) is 5.82 Å². The zero-order valence-corrected chi connectivity index (χ0v) is 11.4. The summed E-state index contributed by atoms with van der Waals surface area (Å²) in [4.78, 5) is 12.1. The summed E-state index contributed by atoms with van der Waals surface area (Å²) in [6.07, 6.45) is 4.26. The fourth-order valence-corrected chi connectivity index (χ4v) is 3.20. The number of rotatable bonds is 4. The van der Waals surface area contributed by atoms with Gasteiger partial charge in [-0.15, -0.1) is 0 Å². The van der Waals surface area contributed by atoms with Crippen LogP contribution in [-0.2, 0) is 4.79 Å². The van der Waals surface area contributed by atoms with Gasteiger partial charge < -0.3 is 10.4 Å². The van der Waals surface area contributed by atoms with Crippen molar-refractivity contribution in [1.29, 1.82) is 0 Å². The maximum Gasteiger partial charge on any atom is 0.223 e. The first-order valence-corrected chi connectivity index (χ1v) is 7.34. The molecule has 2 saturated carbocycles. The lowest BCUT2D eigenvalue weighted by molar-refractivity contribution is -0.123. The molecule has 0 saturated heterocycles. The second-order valence-electron chi connectivity index (χ2n) is 6.12. The number of amides is 1. The predicted molar refractivity (Wildman–Crippen MR) is 73.7 cm³/mol. The molecule has 0 aliphatic heterocycles. The molecule has 0 bridgehead atoms. The van der Waals surface area contributed by atoms with Gasteiger partial charge in [-0.2, -0.15) is 0 Å². The van der Waals surface area contributed by atoms with Gasteiger partial charge in [0.2, 0.25) is 5.91 Å². The first kappa shape index (κ1) is 13.6. The lowest BCUT2D eigenvalue weighted by Gasteiger charge is -2.22. The van der Waals surface area contributed by atoms with Gasteiger partial charge in [0.05, 0.1) is 5.60 Å². The number of aliphatic hydroxyl groups is 1. The van der Waals surface area contributed by atoms with E-state index in [0.29, 0.717) is 18.5 Å². The fraction of sp³-hybridized carbons (Fsp3) is 0.562. The van der Waals surface area contributed by atoms with Crippen molar-refractivity contribution in [2.45, 2.75) is 43.6 Å². The highest BCUT2D eigenvalue weighted by molar-refractivity contribution is 5.83. The lowest BCUT2D eigenvalue weighted by Crippen LogP contribution is -2.41. The summed E-state index contributed by atoms with van der Waals surface area (Å²) in [6.45, 7) is 0.326. The van der Waals surface area contributed by atoms with Crippen molar-refractivity contribution in [2.75, 3.05) is 6.54 Å². The molecule has 2 aliphatic carbocycles. The van der Waals surface area contributed by atoms with Crippen molar-refractivity contribution in [1.82, 2.24) is 5.32 Å². The highest BCUT2D eigenvalue weighted by Gasteiger charge is 2.45. The maximum atomic E-state index is 13.6. The molecule has 0 heterocycles. The third-order valence-corrected chi connectivity index (χ3v) is 4.56. The standard InChI is InChI=1S/C16H20FNO2/c17-14-6-2-1-5-11(14)12-9-13(12)15(19)18-10-16(20)7-3-4-8-16/h1-2,5-6,12-13,20H,3-4,7-10H2,(H,18,19). The van der Waals surface area contributed by atoms with Gasteiger partial charge in [0, 0.05) is 12.5 Å². The van der Waals surface area contributed by atoms with Crippen LogP contribution in [0.25, 0.3) is 0 Å². The van der Waals surface area contributed by atoms with Gasteiger partial charge in [-0.1, -0.05) is 31.0 Å². The monoisotopic (exact) mass is 277 g/mol. The minimum absolute atomic E-state index is 0.00517. The molecule has 2 aliphatic rings. The van der Waals surface area contributed by atoms with Crippen LogP contribution in [0.4, 0.5) is 4.39 Å². The molecule has 0 spiro atoms. The molecule has 2 fully saturated rings. The van der Waals surface area contributed by atoms with Crippen LogP contribution in [0.2, 0.25) is 0 Å². The predicted octanol–water partition coefficient (Wildman–Crippen LogP) is 2.35. The summed E-state index contributed by atoms with van der Waals surface area (Å²) in [5.74, 6) is -0.438. The first-order valence-electron chi connectivity index (χ1n) is 7.34. The Morgan fingerprint density at radius 1 is 1.35 bits per heavy atom. The number of nitrogens with one attached hydrogen (secondary N) is 1. The fourth-order valence-electron chi connectivity index (χ4n) is 3.20. The van der Waals surface area contributed by atoms with E-state index in [4.69, 9.17) is 0 Å². The van der Waals surface area contributed by atoms with Gasteiger partial charge >= 0.3 is 0 Å². The Labute approximate surface area is 118 Å². The third kappa shape index (κ3) is 2.70. The number of benzene rings is 1. The van der Waals surface area contributed by atoms with E-state index < -0.39 is 5.60 Å². The smallest absolute Gasteiger partial charge is 0.223 e. The minimum atomic E-state index is -0.724. The van der Waals surface area contributed by atoms with Crippen LogP contribution in [0.5, 0.6) is 0 Å².